The highest BCUT2D eigenvalue weighted by atomic mass is 19.3. The molecule has 92 valence electrons. The van der Waals surface area contributed by atoms with E-state index in [4.69, 9.17) is 15.6 Å². The average Bonchev–Trinajstić information content (AvgIpc) is 2.21. The second-order valence-corrected chi connectivity index (χ2v) is 3.39. The SMILES string of the molecule is COCC(CCCN)NCC(O)C(F)F. The van der Waals surface area contributed by atoms with E-state index in [0.717, 1.165) is 12.8 Å². The third-order valence-electron chi connectivity index (χ3n) is 2.03. The monoisotopic (exact) mass is 226 g/mol. The number of aliphatic hydroxyl groups is 1. The van der Waals surface area contributed by atoms with Gasteiger partial charge in [-0.2, -0.15) is 0 Å². The van der Waals surface area contributed by atoms with Crippen molar-refractivity contribution in [3.05, 3.63) is 0 Å². The van der Waals surface area contributed by atoms with Crippen LogP contribution in [0.2, 0.25) is 0 Å². The van der Waals surface area contributed by atoms with Gasteiger partial charge in [0.2, 0.25) is 0 Å². The van der Waals surface area contributed by atoms with E-state index in [9.17, 15) is 8.78 Å². The highest BCUT2D eigenvalue weighted by molar-refractivity contribution is 4.70. The molecule has 4 N–H and O–H groups in total. The lowest BCUT2D eigenvalue weighted by Crippen LogP contribution is -2.41. The van der Waals surface area contributed by atoms with E-state index in [1.807, 2.05) is 0 Å². The highest BCUT2D eigenvalue weighted by Crippen LogP contribution is 2.01. The molecule has 4 nitrogen and oxygen atoms in total. The molecule has 2 unspecified atom stereocenters. The van der Waals surface area contributed by atoms with E-state index in [1.54, 1.807) is 7.11 Å². The Morgan fingerprint density at radius 2 is 2.13 bits per heavy atom. The number of nitrogens with one attached hydrogen (secondary N) is 1. The molecule has 0 aromatic heterocycles. The van der Waals surface area contributed by atoms with Crippen molar-refractivity contribution in [2.45, 2.75) is 31.4 Å². The van der Waals surface area contributed by atoms with E-state index in [1.165, 1.54) is 0 Å². The van der Waals surface area contributed by atoms with E-state index >= 15 is 0 Å². The van der Waals surface area contributed by atoms with Crippen LogP contribution in [0.15, 0.2) is 0 Å². The second-order valence-electron chi connectivity index (χ2n) is 3.39. The molecule has 0 aliphatic carbocycles. The van der Waals surface area contributed by atoms with Gasteiger partial charge in [-0.25, -0.2) is 8.78 Å². The van der Waals surface area contributed by atoms with Crippen molar-refractivity contribution in [3.8, 4) is 0 Å². The highest BCUT2D eigenvalue weighted by Gasteiger charge is 2.18. The van der Waals surface area contributed by atoms with Crippen molar-refractivity contribution >= 4 is 0 Å². The van der Waals surface area contributed by atoms with Crippen molar-refractivity contribution < 1.29 is 18.6 Å². The molecule has 0 saturated heterocycles. The number of hydrogen-bond donors (Lipinski definition) is 3. The zero-order valence-electron chi connectivity index (χ0n) is 8.96. The van der Waals surface area contributed by atoms with Crippen LogP contribution >= 0.6 is 0 Å². The van der Waals surface area contributed by atoms with Crippen molar-refractivity contribution in [1.29, 1.82) is 0 Å². The fraction of sp³-hybridized carbons (Fsp3) is 1.00. The molecule has 15 heavy (non-hydrogen) atoms. The number of alkyl halides is 2. The molecule has 0 radical (unpaired) electrons. The number of rotatable bonds is 9. The minimum atomic E-state index is -2.71. The summed E-state index contributed by atoms with van der Waals surface area (Å²) in [5.41, 5.74) is 5.34. The van der Waals surface area contributed by atoms with Gasteiger partial charge in [-0.15, -0.1) is 0 Å². The molecule has 6 heteroatoms. The van der Waals surface area contributed by atoms with Gasteiger partial charge in [-0.1, -0.05) is 0 Å². The van der Waals surface area contributed by atoms with Gasteiger partial charge >= 0.3 is 0 Å². The Hall–Kier alpha value is -0.300. The van der Waals surface area contributed by atoms with Crippen molar-refractivity contribution in [2.24, 2.45) is 5.73 Å². The molecular formula is C9H20F2N2O2. The Kier molecular flexibility index (Phi) is 8.79. The van der Waals surface area contributed by atoms with E-state index in [2.05, 4.69) is 5.32 Å². The normalized spacial score (nSPS) is 15.6. The molecule has 0 amide bonds. The first-order chi connectivity index (χ1) is 7.11. The van der Waals surface area contributed by atoms with Gasteiger partial charge in [-0.3, -0.25) is 0 Å². The van der Waals surface area contributed by atoms with Gasteiger partial charge in [0.05, 0.1) is 6.61 Å². The third kappa shape index (κ3) is 7.61. The smallest absolute Gasteiger partial charge is 0.265 e. The summed E-state index contributed by atoms with van der Waals surface area (Å²) in [4.78, 5) is 0. The maximum Gasteiger partial charge on any atom is 0.265 e. The third-order valence-corrected chi connectivity index (χ3v) is 2.03. The van der Waals surface area contributed by atoms with Gasteiger partial charge in [0.1, 0.15) is 6.10 Å². The molecule has 0 aromatic carbocycles. The van der Waals surface area contributed by atoms with Crippen LogP contribution in [-0.4, -0.2) is 50.5 Å². The van der Waals surface area contributed by atoms with Gasteiger partial charge in [-0.05, 0) is 19.4 Å². The van der Waals surface area contributed by atoms with Gasteiger partial charge in [0.15, 0.2) is 0 Å². The number of ether oxygens (including phenoxy) is 1. The zero-order valence-corrected chi connectivity index (χ0v) is 8.96. The van der Waals surface area contributed by atoms with Crippen LogP contribution < -0.4 is 11.1 Å². The Morgan fingerprint density at radius 1 is 1.47 bits per heavy atom. The van der Waals surface area contributed by atoms with E-state index in [-0.39, 0.29) is 12.6 Å². The Balaban J connectivity index is 3.73. The van der Waals surface area contributed by atoms with Gasteiger partial charge in [0, 0.05) is 19.7 Å². The topological polar surface area (TPSA) is 67.5 Å². The zero-order chi connectivity index (χ0) is 11.7. The van der Waals surface area contributed by atoms with Crippen molar-refractivity contribution in [1.82, 2.24) is 5.32 Å². The molecule has 0 aliphatic heterocycles. The number of halogens is 2. The van der Waals surface area contributed by atoms with E-state index < -0.39 is 12.5 Å². The Morgan fingerprint density at radius 3 is 2.60 bits per heavy atom. The van der Waals surface area contributed by atoms with Gasteiger partial charge < -0.3 is 20.9 Å². The van der Waals surface area contributed by atoms with Crippen LogP contribution in [-0.2, 0) is 4.74 Å². The molecule has 0 fully saturated rings. The van der Waals surface area contributed by atoms with E-state index in [0.29, 0.717) is 13.2 Å². The quantitative estimate of drug-likeness (QED) is 0.516. The first-order valence-electron chi connectivity index (χ1n) is 5.00. The maximum atomic E-state index is 12.0. The predicted molar refractivity (Wildman–Crippen MR) is 54.0 cm³/mol. The molecule has 0 bridgehead atoms. The average molecular weight is 226 g/mol. The Labute approximate surface area is 88.8 Å². The van der Waals surface area contributed by atoms with Gasteiger partial charge in [0.25, 0.3) is 6.43 Å². The Bertz CT molecular complexity index is 150. The number of methoxy groups -OCH3 is 1. The summed E-state index contributed by atoms with van der Waals surface area (Å²) in [6, 6.07) is -0.0352. The lowest BCUT2D eigenvalue weighted by atomic mass is 10.1. The van der Waals surface area contributed by atoms with Crippen LogP contribution in [0, 0.1) is 0 Å². The van der Waals surface area contributed by atoms with Crippen molar-refractivity contribution in [3.63, 3.8) is 0 Å². The van der Waals surface area contributed by atoms with Crippen LogP contribution in [0.5, 0.6) is 0 Å². The molecular weight excluding hydrogens is 206 g/mol. The summed E-state index contributed by atoms with van der Waals surface area (Å²) in [5.74, 6) is 0. The summed E-state index contributed by atoms with van der Waals surface area (Å²) in [5, 5.41) is 11.7. The number of aliphatic hydroxyl groups excluding tert-OH is 1. The lowest BCUT2D eigenvalue weighted by molar-refractivity contribution is -0.00623. The molecule has 0 saturated carbocycles. The second kappa shape index (κ2) is 8.96. The standard InChI is InChI=1S/C9H20F2N2O2/c1-15-6-7(3-2-4-12)13-5-8(14)9(10)11/h7-9,13-14H,2-6,12H2,1H3. The van der Waals surface area contributed by atoms with Crippen LogP contribution in [0.3, 0.4) is 0 Å². The largest absolute Gasteiger partial charge is 0.386 e. The summed E-state index contributed by atoms with van der Waals surface area (Å²) < 4.78 is 28.9. The summed E-state index contributed by atoms with van der Waals surface area (Å²) in [6.07, 6.45) is -2.79. The summed E-state index contributed by atoms with van der Waals surface area (Å²) in [7, 11) is 1.54. The number of hydrogen-bond acceptors (Lipinski definition) is 4. The minimum absolute atomic E-state index is 0.0352. The van der Waals surface area contributed by atoms with Crippen LogP contribution in [0.25, 0.3) is 0 Å². The predicted octanol–water partition coefficient (Wildman–Crippen LogP) is -0.0441. The fourth-order valence-electron chi connectivity index (χ4n) is 1.19. The minimum Gasteiger partial charge on any atom is -0.386 e. The summed E-state index contributed by atoms with van der Waals surface area (Å²) >= 11 is 0. The lowest BCUT2D eigenvalue weighted by Gasteiger charge is -2.19. The van der Waals surface area contributed by atoms with Crippen LogP contribution in [0.1, 0.15) is 12.8 Å². The fourth-order valence-corrected chi connectivity index (χ4v) is 1.19. The molecule has 0 aliphatic rings. The summed E-state index contributed by atoms with van der Waals surface area (Å²) in [6.45, 7) is 0.853. The van der Waals surface area contributed by atoms with Crippen LogP contribution in [0.4, 0.5) is 8.78 Å². The molecule has 0 heterocycles. The molecule has 0 spiro atoms. The van der Waals surface area contributed by atoms with Crippen molar-refractivity contribution in [2.75, 3.05) is 26.8 Å². The molecule has 0 aromatic rings. The molecule has 2 atom stereocenters. The first-order valence-corrected chi connectivity index (χ1v) is 5.00. The molecule has 0 rings (SSSR count). The number of nitrogens with two attached hydrogens (primary N) is 1. The maximum absolute atomic E-state index is 12.0. The first kappa shape index (κ1) is 14.7.